The zero-order chi connectivity index (χ0) is 18.2. The van der Waals surface area contributed by atoms with Crippen LogP contribution in [0.1, 0.15) is 29.2 Å². The summed E-state index contributed by atoms with van der Waals surface area (Å²) >= 11 is 0. The molecule has 0 saturated carbocycles. The summed E-state index contributed by atoms with van der Waals surface area (Å²) in [7, 11) is 0. The maximum Gasteiger partial charge on any atom is 0.333 e. The SMILES string of the molecule is CCc1cccc(CN(C=O)C(=O)N(C=O)Cc2cccc(C)c2)c1. The van der Waals surface area contributed by atoms with Crippen molar-refractivity contribution in [2.75, 3.05) is 0 Å². The molecule has 0 unspecified atom stereocenters. The van der Waals surface area contributed by atoms with Crippen molar-refractivity contribution in [1.82, 2.24) is 9.80 Å². The van der Waals surface area contributed by atoms with Crippen LogP contribution in [-0.4, -0.2) is 28.7 Å². The van der Waals surface area contributed by atoms with E-state index in [1.165, 1.54) is 0 Å². The van der Waals surface area contributed by atoms with Gasteiger partial charge in [-0.2, -0.15) is 0 Å². The second-order valence-corrected chi connectivity index (χ2v) is 5.91. The van der Waals surface area contributed by atoms with Gasteiger partial charge in [-0.3, -0.25) is 19.4 Å². The van der Waals surface area contributed by atoms with E-state index in [1.807, 2.05) is 62.4 Å². The molecule has 0 spiro atoms. The van der Waals surface area contributed by atoms with Crippen LogP contribution in [-0.2, 0) is 29.1 Å². The quantitative estimate of drug-likeness (QED) is 0.728. The summed E-state index contributed by atoms with van der Waals surface area (Å²) in [5.74, 6) is 0. The van der Waals surface area contributed by atoms with E-state index < -0.39 is 6.03 Å². The molecule has 2 rings (SSSR count). The van der Waals surface area contributed by atoms with Crippen molar-refractivity contribution < 1.29 is 14.4 Å². The molecule has 5 heteroatoms. The molecule has 0 saturated heterocycles. The first-order valence-corrected chi connectivity index (χ1v) is 8.18. The van der Waals surface area contributed by atoms with E-state index in [0.29, 0.717) is 12.8 Å². The zero-order valence-corrected chi connectivity index (χ0v) is 14.5. The summed E-state index contributed by atoms with van der Waals surface area (Å²) in [5, 5.41) is 0. The summed E-state index contributed by atoms with van der Waals surface area (Å²) in [6.07, 6.45) is 1.80. The number of amides is 4. The first-order chi connectivity index (χ1) is 12.1. The second-order valence-electron chi connectivity index (χ2n) is 5.91. The van der Waals surface area contributed by atoms with Crippen molar-refractivity contribution in [3.63, 3.8) is 0 Å². The maximum atomic E-state index is 12.5. The van der Waals surface area contributed by atoms with Crippen molar-refractivity contribution >= 4 is 18.9 Å². The topological polar surface area (TPSA) is 57.7 Å². The number of benzene rings is 2. The van der Waals surface area contributed by atoms with Crippen molar-refractivity contribution in [2.45, 2.75) is 33.4 Å². The monoisotopic (exact) mass is 338 g/mol. The molecule has 130 valence electrons. The first-order valence-electron chi connectivity index (χ1n) is 8.18. The summed E-state index contributed by atoms with van der Waals surface area (Å²) in [4.78, 5) is 37.3. The molecule has 0 radical (unpaired) electrons. The van der Waals surface area contributed by atoms with Crippen molar-refractivity contribution in [2.24, 2.45) is 0 Å². The number of nitrogens with zero attached hydrogens (tertiary/aromatic N) is 2. The van der Waals surface area contributed by atoms with Crippen LogP contribution in [0.25, 0.3) is 0 Å². The van der Waals surface area contributed by atoms with Crippen LogP contribution in [0.2, 0.25) is 0 Å². The molecule has 2 aromatic carbocycles. The van der Waals surface area contributed by atoms with Crippen LogP contribution in [0, 0.1) is 6.92 Å². The Bertz CT molecular complexity index is 758. The van der Waals surface area contributed by atoms with Crippen LogP contribution in [0.5, 0.6) is 0 Å². The van der Waals surface area contributed by atoms with Crippen LogP contribution < -0.4 is 0 Å². The fraction of sp³-hybridized carbons (Fsp3) is 0.250. The van der Waals surface area contributed by atoms with E-state index in [-0.39, 0.29) is 13.1 Å². The lowest BCUT2D eigenvalue weighted by molar-refractivity contribution is -0.119. The third-order valence-corrected chi connectivity index (χ3v) is 3.93. The van der Waals surface area contributed by atoms with Gasteiger partial charge in [0.25, 0.3) is 0 Å². The molecule has 0 heterocycles. The highest BCUT2D eigenvalue weighted by atomic mass is 16.2. The minimum absolute atomic E-state index is 0.128. The number of carbonyl (C=O) groups excluding carboxylic acids is 3. The van der Waals surface area contributed by atoms with Gasteiger partial charge in [0.05, 0.1) is 13.1 Å². The molecule has 5 nitrogen and oxygen atoms in total. The minimum Gasteiger partial charge on any atom is -0.278 e. The van der Waals surface area contributed by atoms with Crippen molar-refractivity contribution in [3.8, 4) is 0 Å². The Morgan fingerprint density at radius 2 is 1.40 bits per heavy atom. The van der Waals surface area contributed by atoms with Crippen LogP contribution >= 0.6 is 0 Å². The van der Waals surface area contributed by atoms with Gasteiger partial charge < -0.3 is 0 Å². The highest BCUT2D eigenvalue weighted by molar-refractivity contribution is 5.91. The lowest BCUT2D eigenvalue weighted by Crippen LogP contribution is -2.41. The summed E-state index contributed by atoms with van der Waals surface area (Å²) in [6, 6.07) is 14.6. The second kappa shape index (κ2) is 8.78. The molecular weight excluding hydrogens is 316 g/mol. The van der Waals surface area contributed by atoms with Crippen LogP contribution in [0.15, 0.2) is 48.5 Å². The maximum absolute atomic E-state index is 12.5. The highest BCUT2D eigenvalue weighted by Gasteiger charge is 2.21. The van der Waals surface area contributed by atoms with Gasteiger partial charge in [0, 0.05) is 0 Å². The number of hydrogen-bond donors (Lipinski definition) is 0. The largest absolute Gasteiger partial charge is 0.333 e. The smallest absolute Gasteiger partial charge is 0.278 e. The van der Waals surface area contributed by atoms with Crippen molar-refractivity contribution in [3.05, 3.63) is 70.8 Å². The average Bonchev–Trinajstić information content (AvgIpc) is 2.64. The highest BCUT2D eigenvalue weighted by Crippen LogP contribution is 2.12. The fourth-order valence-electron chi connectivity index (χ4n) is 2.62. The lowest BCUT2D eigenvalue weighted by atomic mass is 10.1. The number of urea groups is 1. The average molecular weight is 338 g/mol. The Balaban J connectivity index is 2.12. The standard InChI is InChI=1S/C20H22N2O3/c1-3-17-7-5-9-19(11-17)13-22(15-24)20(25)21(14-23)12-18-8-4-6-16(2)10-18/h4-11,14-15H,3,12-13H2,1-2H3. The van der Waals surface area contributed by atoms with Gasteiger partial charge in [-0.25, -0.2) is 4.79 Å². The zero-order valence-electron chi connectivity index (χ0n) is 14.5. The van der Waals surface area contributed by atoms with E-state index in [9.17, 15) is 14.4 Å². The first kappa shape index (κ1) is 18.4. The predicted molar refractivity (Wildman–Crippen MR) is 95.6 cm³/mol. The third-order valence-electron chi connectivity index (χ3n) is 3.93. The number of imide groups is 2. The molecule has 0 fully saturated rings. The molecule has 0 atom stereocenters. The van der Waals surface area contributed by atoms with Gasteiger partial charge in [0.2, 0.25) is 12.8 Å². The summed E-state index contributed by atoms with van der Waals surface area (Å²) in [6.45, 7) is 4.24. The summed E-state index contributed by atoms with van der Waals surface area (Å²) in [5.41, 5.74) is 3.85. The summed E-state index contributed by atoms with van der Waals surface area (Å²) < 4.78 is 0. The normalized spacial score (nSPS) is 10.2. The van der Waals surface area contributed by atoms with Gasteiger partial charge in [0.15, 0.2) is 0 Å². The number of aryl methyl sites for hydroxylation is 2. The van der Waals surface area contributed by atoms with Gasteiger partial charge in [0.1, 0.15) is 0 Å². The molecule has 0 aliphatic rings. The van der Waals surface area contributed by atoms with E-state index in [4.69, 9.17) is 0 Å². The minimum atomic E-state index is -0.631. The molecular formula is C20H22N2O3. The van der Waals surface area contributed by atoms with Gasteiger partial charge >= 0.3 is 6.03 Å². The molecule has 2 aromatic rings. The molecule has 0 aromatic heterocycles. The Labute approximate surface area is 147 Å². The molecule has 0 bridgehead atoms. The van der Waals surface area contributed by atoms with E-state index in [2.05, 4.69) is 0 Å². The van der Waals surface area contributed by atoms with E-state index in [1.54, 1.807) is 0 Å². The van der Waals surface area contributed by atoms with Crippen LogP contribution in [0.3, 0.4) is 0 Å². The Morgan fingerprint density at radius 3 is 1.92 bits per heavy atom. The van der Waals surface area contributed by atoms with E-state index in [0.717, 1.165) is 38.5 Å². The van der Waals surface area contributed by atoms with Gasteiger partial charge in [-0.05, 0) is 30.0 Å². The number of rotatable bonds is 7. The van der Waals surface area contributed by atoms with Crippen molar-refractivity contribution in [1.29, 1.82) is 0 Å². The third kappa shape index (κ3) is 5.01. The Kier molecular flexibility index (Phi) is 6.46. The molecule has 0 aliphatic heterocycles. The van der Waals surface area contributed by atoms with Crippen LogP contribution in [0.4, 0.5) is 4.79 Å². The molecule has 25 heavy (non-hydrogen) atoms. The fourth-order valence-corrected chi connectivity index (χ4v) is 2.62. The lowest BCUT2D eigenvalue weighted by Gasteiger charge is -2.23. The molecule has 0 aliphatic carbocycles. The van der Waals surface area contributed by atoms with Gasteiger partial charge in [-0.15, -0.1) is 0 Å². The number of carbonyl (C=O) groups is 3. The Morgan fingerprint density at radius 1 is 0.880 bits per heavy atom. The van der Waals surface area contributed by atoms with Gasteiger partial charge in [-0.1, -0.05) is 61.0 Å². The number of hydrogen-bond acceptors (Lipinski definition) is 3. The van der Waals surface area contributed by atoms with E-state index >= 15 is 0 Å². The predicted octanol–water partition coefficient (Wildman–Crippen LogP) is 3.29. The Hall–Kier alpha value is -2.95. The molecule has 4 amide bonds. The molecule has 0 N–H and O–H groups in total.